The molecule has 1 rings (SSSR count). The van der Waals surface area contributed by atoms with Crippen LogP contribution in [0, 0.1) is 0 Å². The maximum atomic E-state index is 10.7. The Hall–Kier alpha value is -1.80. The highest BCUT2D eigenvalue weighted by Gasteiger charge is 2.19. The smallest absolute Gasteiger partial charge is 0.322 e. The molecular formula is C9H14N5O4P. The van der Waals surface area contributed by atoms with Gasteiger partial charge in [-0.2, -0.15) is 0 Å². The van der Waals surface area contributed by atoms with Crippen LogP contribution in [-0.4, -0.2) is 49.3 Å². The van der Waals surface area contributed by atoms with Gasteiger partial charge in [-0.15, -0.1) is 5.10 Å². The Morgan fingerprint density at radius 2 is 2.37 bits per heavy atom. The molecule has 1 aromatic rings. The summed E-state index contributed by atoms with van der Waals surface area (Å²) in [5, 5.41) is 7.39. The van der Waals surface area contributed by atoms with Gasteiger partial charge in [0.05, 0.1) is 18.1 Å². The number of aliphatic imine (C=N–C) groups is 1. The highest BCUT2D eigenvalue weighted by Crippen LogP contribution is 2.36. The molecule has 0 fully saturated rings. The fourth-order valence-corrected chi connectivity index (χ4v) is 1.47. The van der Waals surface area contributed by atoms with Crippen molar-refractivity contribution in [3.63, 3.8) is 0 Å². The molecule has 1 aromatic heterocycles. The zero-order chi connectivity index (χ0) is 14.5. The van der Waals surface area contributed by atoms with E-state index in [2.05, 4.69) is 33.0 Å². The van der Waals surface area contributed by atoms with Crippen molar-refractivity contribution in [3.8, 4) is 0 Å². The zero-order valence-corrected chi connectivity index (χ0v) is 11.1. The maximum absolute atomic E-state index is 10.7. The molecule has 0 aromatic carbocycles. The molecule has 0 unspecified atom stereocenters. The van der Waals surface area contributed by atoms with Crippen LogP contribution in [-0.2, 0) is 9.09 Å². The van der Waals surface area contributed by atoms with Crippen molar-refractivity contribution >= 4 is 13.7 Å². The second kappa shape index (κ2) is 6.39. The maximum Gasteiger partial charge on any atom is 0.471 e. The van der Waals surface area contributed by atoms with Crippen molar-refractivity contribution in [1.29, 1.82) is 0 Å². The van der Waals surface area contributed by atoms with Crippen LogP contribution in [0.4, 0.5) is 0 Å². The second-order valence-electron chi connectivity index (χ2n) is 3.24. The van der Waals surface area contributed by atoms with E-state index in [1.165, 1.54) is 29.0 Å². The summed E-state index contributed by atoms with van der Waals surface area (Å²) in [6.07, 6.45) is 4.32. The first-order chi connectivity index (χ1) is 8.89. The molecule has 0 spiro atoms. The molecule has 2 N–H and O–H groups in total. The summed E-state index contributed by atoms with van der Waals surface area (Å²) in [6, 6.07) is 0. The minimum Gasteiger partial charge on any atom is -0.322 e. The van der Waals surface area contributed by atoms with Gasteiger partial charge in [0.2, 0.25) is 0 Å². The predicted molar refractivity (Wildman–Crippen MR) is 68.0 cm³/mol. The third kappa shape index (κ3) is 4.42. The fraction of sp³-hybridized carbons (Fsp3) is 0.222. The van der Waals surface area contributed by atoms with Gasteiger partial charge in [-0.1, -0.05) is 18.4 Å². The highest BCUT2D eigenvalue weighted by atomic mass is 31.2. The van der Waals surface area contributed by atoms with Crippen molar-refractivity contribution in [2.75, 3.05) is 13.8 Å². The molecule has 19 heavy (non-hydrogen) atoms. The average Bonchev–Trinajstić information content (AvgIpc) is 2.83. The number of allylic oxidation sites excluding steroid dienone is 1. The Kier molecular flexibility index (Phi) is 5.13. The molecule has 1 heterocycles. The van der Waals surface area contributed by atoms with E-state index in [9.17, 15) is 4.57 Å². The number of phosphoric ester groups is 1. The largest absolute Gasteiger partial charge is 0.471 e. The summed E-state index contributed by atoms with van der Waals surface area (Å²) < 4.78 is 16.4. The molecule has 0 radical (unpaired) electrons. The molecule has 0 aliphatic heterocycles. The molecule has 0 atom stereocenters. The van der Waals surface area contributed by atoms with Gasteiger partial charge in [-0.25, -0.2) is 9.25 Å². The molecule has 10 heteroatoms. The van der Waals surface area contributed by atoms with Crippen LogP contribution in [0.1, 0.15) is 0 Å². The van der Waals surface area contributed by atoms with Gasteiger partial charge < -0.3 is 14.7 Å². The van der Waals surface area contributed by atoms with E-state index >= 15 is 0 Å². The van der Waals surface area contributed by atoms with E-state index in [-0.39, 0.29) is 0 Å². The van der Waals surface area contributed by atoms with Gasteiger partial charge >= 0.3 is 7.82 Å². The van der Waals surface area contributed by atoms with Crippen molar-refractivity contribution in [3.05, 3.63) is 37.4 Å². The van der Waals surface area contributed by atoms with Crippen LogP contribution >= 0.6 is 7.82 Å². The molecule has 0 aliphatic rings. The Balaban J connectivity index is 2.84. The van der Waals surface area contributed by atoms with Crippen molar-refractivity contribution in [1.82, 2.24) is 19.9 Å². The Morgan fingerprint density at radius 1 is 1.68 bits per heavy atom. The number of rotatable bonds is 6. The van der Waals surface area contributed by atoms with Crippen LogP contribution in [0.25, 0.3) is 0 Å². The minimum atomic E-state index is -4.58. The lowest BCUT2D eigenvalue weighted by atomic mass is 10.4. The summed E-state index contributed by atoms with van der Waals surface area (Å²) in [5.74, 6) is 0.340. The third-order valence-electron chi connectivity index (χ3n) is 2.04. The molecule has 0 aliphatic carbocycles. The third-order valence-corrected chi connectivity index (χ3v) is 2.49. The normalized spacial score (nSPS) is 12.3. The minimum absolute atomic E-state index is 0.302. The topological polar surface area (TPSA) is 113 Å². The Labute approximate surface area is 109 Å². The molecule has 0 amide bonds. The number of hydrogen-bond donors (Lipinski definition) is 2. The molecule has 0 bridgehead atoms. The van der Waals surface area contributed by atoms with E-state index < -0.39 is 14.6 Å². The first-order valence-corrected chi connectivity index (χ1v) is 6.54. The lowest BCUT2D eigenvalue weighted by molar-refractivity contribution is 0.143. The average molecular weight is 287 g/mol. The summed E-state index contributed by atoms with van der Waals surface area (Å²) in [4.78, 5) is 22.6. The van der Waals surface area contributed by atoms with Crippen molar-refractivity contribution in [2.45, 2.75) is 0 Å². The van der Waals surface area contributed by atoms with Crippen molar-refractivity contribution < 1.29 is 18.9 Å². The Bertz CT molecular complexity index is 521. The SMILES string of the molecule is C=CN(COP(=O)(O)O)C(=C)/C(=N/C)n1ccnn1. The van der Waals surface area contributed by atoms with Gasteiger partial charge in [-0.05, 0) is 6.20 Å². The predicted octanol–water partition coefficient (Wildman–Crippen LogP) is 0.180. The summed E-state index contributed by atoms with van der Waals surface area (Å²) >= 11 is 0. The summed E-state index contributed by atoms with van der Waals surface area (Å²) in [7, 11) is -3.06. The van der Waals surface area contributed by atoms with Gasteiger partial charge in [0, 0.05) is 7.05 Å². The lowest BCUT2D eigenvalue weighted by Gasteiger charge is -2.22. The van der Waals surface area contributed by atoms with Gasteiger partial charge in [0.25, 0.3) is 0 Å². The number of phosphoric acid groups is 1. The summed E-state index contributed by atoms with van der Waals surface area (Å²) in [5.41, 5.74) is 0.302. The van der Waals surface area contributed by atoms with E-state index in [0.29, 0.717) is 11.5 Å². The van der Waals surface area contributed by atoms with E-state index in [0.717, 1.165) is 0 Å². The van der Waals surface area contributed by atoms with Gasteiger partial charge in [-0.3, -0.25) is 9.52 Å². The standard InChI is InChI=1S/C9H14N5O4P/c1-4-13(7-18-19(15,16)17)8(2)9(10-3)14-6-5-11-12-14/h4-6H,1-2,7H2,3H3,(H2,15,16,17)/b10-9-. The first kappa shape index (κ1) is 15.3. The number of nitrogens with zero attached hydrogens (tertiary/aromatic N) is 5. The molecule has 0 saturated heterocycles. The van der Waals surface area contributed by atoms with Crippen LogP contribution in [0.15, 0.2) is 42.4 Å². The number of aromatic nitrogens is 3. The quantitative estimate of drug-likeness (QED) is 0.332. The van der Waals surface area contributed by atoms with E-state index in [4.69, 9.17) is 9.79 Å². The first-order valence-electron chi connectivity index (χ1n) is 5.01. The van der Waals surface area contributed by atoms with Gasteiger partial charge in [0.15, 0.2) is 5.84 Å². The molecule has 104 valence electrons. The monoisotopic (exact) mass is 287 g/mol. The van der Waals surface area contributed by atoms with Crippen LogP contribution in [0.3, 0.4) is 0 Å². The van der Waals surface area contributed by atoms with E-state index in [1.54, 1.807) is 6.20 Å². The number of hydrogen-bond acceptors (Lipinski definition) is 6. The molecule has 9 nitrogen and oxygen atoms in total. The van der Waals surface area contributed by atoms with Crippen LogP contribution in [0.5, 0.6) is 0 Å². The van der Waals surface area contributed by atoms with Gasteiger partial charge in [0.1, 0.15) is 6.73 Å². The molecular weight excluding hydrogens is 273 g/mol. The summed E-state index contributed by atoms with van der Waals surface area (Å²) in [6.45, 7) is 6.85. The second-order valence-corrected chi connectivity index (χ2v) is 4.48. The molecule has 0 saturated carbocycles. The van der Waals surface area contributed by atoms with Crippen LogP contribution < -0.4 is 0 Å². The Morgan fingerprint density at radius 3 is 2.79 bits per heavy atom. The van der Waals surface area contributed by atoms with Crippen molar-refractivity contribution in [2.24, 2.45) is 4.99 Å². The zero-order valence-electron chi connectivity index (χ0n) is 10.2. The highest BCUT2D eigenvalue weighted by molar-refractivity contribution is 7.46. The van der Waals surface area contributed by atoms with E-state index in [1.807, 2.05) is 0 Å². The lowest BCUT2D eigenvalue weighted by Crippen LogP contribution is -2.28. The van der Waals surface area contributed by atoms with Crippen LogP contribution in [0.2, 0.25) is 0 Å². The fourth-order valence-electron chi connectivity index (χ4n) is 1.19.